The summed E-state index contributed by atoms with van der Waals surface area (Å²) < 4.78 is 13.3. The maximum atomic E-state index is 13.3. The topological polar surface area (TPSA) is 94.9 Å². The molecular weight excluding hydrogens is 389 g/mol. The molecule has 0 saturated carbocycles. The maximum Gasteiger partial charge on any atom is 0.305 e. The Bertz CT molecular complexity index is 969. The minimum absolute atomic E-state index is 0.190. The van der Waals surface area contributed by atoms with Gasteiger partial charge in [-0.15, -0.1) is 0 Å². The fourth-order valence-electron chi connectivity index (χ4n) is 3.08. The zero-order chi connectivity index (χ0) is 20.4. The van der Waals surface area contributed by atoms with Gasteiger partial charge in [-0.05, 0) is 42.0 Å². The Balaban J connectivity index is 2.14. The summed E-state index contributed by atoms with van der Waals surface area (Å²) in [6.45, 7) is -0.237. The third-order valence-corrected chi connectivity index (χ3v) is 4.66. The first-order valence-electron chi connectivity index (χ1n) is 8.31. The summed E-state index contributed by atoms with van der Waals surface area (Å²) >= 11 is 5.84. The molecule has 0 aliphatic carbocycles. The van der Waals surface area contributed by atoms with Gasteiger partial charge in [-0.2, -0.15) is 0 Å². The molecule has 144 valence electrons. The summed E-state index contributed by atoms with van der Waals surface area (Å²) in [5.74, 6) is -3.93. The van der Waals surface area contributed by atoms with Gasteiger partial charge in [0, 0.05) is 17.1 Å². The molecule has 1 atom stereocenters. The predicted octanol–water partition coefficient (Wildman–Crippen LogP) is 3.38. The number of aliphatic hydroxyl groups is 1. The number of carbonyl (C=O) groups excluding carboxylic acids is 2. The standard InChI is InChI=1S/C20H15ClFNO5/c21-13-5-1-12(2-6-13)18(26)16-17(11-3-7-14(22)8-4-11)23(10-9-15(24)25)20(28)19(16)27/h1-8,17,26H,9-10H2,(H,24,25)/b18-16+. The Morgan fingerprint density at radius 3 is 2.21 bits per heavy atom. The van der Waals surface area contributed by atoms with E-state index >= 15 is 0 Å². The molecule has 3 rings (SSSR count). The lowest BCUT2D eigenvalue weighted by Gasteiger charge is -2.24. The summed E-state index contributed by atoms with van der Waals surface area (Å²) in [4.78, 5) is 37.2. The number of ketones is 1. The van der Waals surface area contributed by atoms with E-state index in [1.807, 2.05) is 0 Å². The second-order valence-electron chi connectivity index (χ2n) is 6.19. The van der Waals surface area contributed by atoms with E-state index in [1.54, 1.807) is 0 Å². The highest BCUT2D eigenvalue weighted by Crippen LogP contribution is 2.39. The third kappa shape index (κ3) is 3.75. The van der Waals surface area contributed by atoms with E-state index in [4.69, 9.17) is 16.7 Å². The summed E-state index contributed by atoms with van der Waals surface area (Å²) in [6.07, 6.45) is -0.383. The van der Waals surface area contributed by atoms with Gasteiger partial charge in [-0.25, -0.2) is 4.39 Å². The molecule has 1 fully saturated rings. The van der Waals surface area contributed by atoms with Crippen molar-refractivity contribution in [1.82, 2.24) is 4.90 Å². The number of hydrogen-bond acceptors (Lipinski definition) is 4. The molecule has 1 unspecified atom stereocenters. The van der Waals surface area contributed by atoms with E-state index < -0.39 is 35.3 Å². The van der Waals surface area contributed by atoms with Crippen molar-refractivity contribution in [1.29, 1.82) is 0 Å². The molecule has 2 aromatic rings. The summed E-state index contributed by atoms with van der Waals surface area (Å²) in [7, 11) is 0. The molecule has 6 nitrogen and oxygen atoms in total. The lowest BCUT2D eigenvalue weighted by Crippen LogP contribution is -2.31. The average molecular weight is 404 g/mol. The van der Waals surface area contributed by atoms with E-state index in [0.717, 1.165) is 17.0 Å². The van der Waals surface area contributed by atoms with E-state index in [1.165, 1.54) is 36.4 Å². The zero-order valence-corrected chi connectivity index (χ0v) is 15.2. The number of benzene rings is 2. The Morgan fingerprint density at radius 2 is 1.64 bits per heavy atom. The van der Waals surface area contributed by atoms with Crippen molar-refractivity contribution < 1.29 is 29.0 Å². The number of Topliss-reactive ketones (excluding diaryl/α,β-unsaturated/α-hetero) is 1. The van der Waals surface area contributed by atoms with Gasteiger partial charge < -0.3 is 15.1 Å². The number of aliphatic hydroxyl groups excluding tert-OH is 1. The van der Waals surface area contributed by atoms with Gasteiger partial charge in [0.25, 0.3) is 11.7 Å². The second kappa shape index (κ2) is 7.82. The van der Waals surface area contributed by atoms with Crippen LogP contribution in [-0.2, 0) is 14.4 Å². The lowest BCUT2D eigenvalue weighted by atomic mass is 9.95. The van der Waals surface area contributed by atoms with E-state index in [2.05, 4.69) is 0 Å². The molecule has 1 saturated heterocycles. The second-order valence-corrected chi connectivity index (χ2v) is 6.63. The van der Waals surface area contributed by atoms with E-state index in [9.17, 15) is 23.9 Å². The molecule has 8 heteroatoms. The quantitative estimate of drug-likeness (QED) is 0.453. The van der Waals surface area contributed by atoms with Crippen LogP contribution in [0.4, 0.5) is 4.39 Å². The van der Waals surface area contributed by atoms with Crippen molar-refractivity contribution in [3.8, 4) is 0 Å². The first-order valence-corrected chi connectivity index (χ1v) is 8.69. The van der Waals surface area contributed by atoms with Gasteiger partial charge >= 0.3 is 5.97 Å². The van der Waals surface area contributed by atoms with Crippen LogP contribution in [0, 0.1) is 5.82 Å². The van der Waals surface area contributed by atoms with Crippen molar-refractivity contribution >= 4 is 35.0 Å². The highest BCUT2D eigenvalue weighted by Gasteiger charge is 2.46. The number of amides is 1. The van der Waals surface area contributed by atoms with Crippen LogP contribution >= 0.6 is 11.6 Å². The summed E-state index contributed by atoms with van der Waals surface area (Å²) in [6, 6.07) is 10.1. The number of likely N-dealkylation sites (tertiary alicyclic amines) is 1. The largest absolute Gasteiger partial charge is 0.507 e. The van der Waals surface area contributed by atoms with E-state index in [0.29, 0.717) is 10.6 Å². The Labute approximate surface area is 164 Å². The van der Waals surface area contributed by atoms with Crippen LogP contribution in [0.15, 0.2) is 54.1 Å². The van der Waals surface area contributed by atoms with Crippen molar-refractivity contribution in [2.45, 2.75) is 12.5 Å². The van der Waals surface area contributed by atoms with Crippen LogP contribution < -0.4 is 0 Å². The number of rotatable bonds is 5. The van der Waals surface area contributed by atoms with Crippen LogP contribution in [0.25, 0.3) is 5.76 Å². The number of carboxylic acid groups (broad SMARTS) is 1. The molecule has 0 radical (unpaired) electrons. The fourth-order valence-corrected chi connectivity index (χ4v) is 3.21. The normalized spacial score (nSPS) is 18.5. The fraction of sp³-hybridized carbons (Fsp3) is 0.150. The van der Waals surface area contributed by atoms with E-state index in [-0.39, 0.29) is 24.1 Å². The molecule has 1 amide bonds. The molecule has 2 N–H and O–H groups in total. The number of hydrogen-bond donors (Lipinski definition) is 2. The molecule has 1 aliphatic heterocycles. The van der Waals surface area contributed by atoms with Crippen molar-refractivity contribution in [3.05, 3.63) is 76.1 Å². The molecular formula is C20H15ClFNO5. The Hall–Kier alpha value is -3.19. The highest BCUT2D eigenvalue weighted by atomic mass is 35.5. The van der Waals surface area contributed by atoms with Crippen LogP contribution in [-0.4, -0.2) is 39.3 Å². The first kappa shape index (κ1) is 19.6. The van der Waals surface area contributed by atoms with Crippen LogP contribution in [0.3, 0.4) is 0 Å². The molecule has 2 aromatic carbocycles. The monoisotopic (exact) mass is 403 g/mol. The smallest absolute Gasteiger partial charge is 0.305 e. The lowest BCUT2D eigenvalue weighted by molar-refractivity contribution is -0.142. The third-order valence-electron chi connectivity index (χ3n) is 4.41. The molecule has 1 heterocycles. The first-order chi connectivity index (χ1) is 13.3. The zero-order valence-electron chi connectivity index (χ0n) is 14.4. The SMILES string of the molecule is O=C(O)CCN1C(=O)C(=O)/C(=C(/O)c2ccc(Cl)cc2)C1c1ccc(F)cc1. The number of halogens is 2. The van der Waals surface area contributed by atoms with Gasteiger partial charge in [0.1, 0.15) is 11.6 Å². The number of aliphatic carboxylic acids is 1. The molecule has 28 heavy (non-hydrogen) atoms. The maximum absolute atomic E-state index is 13.3. The van der Waals surface area contributed by atoms with Crippen LogP contribution in [0.2, 0.25) is 5.02 Å². The predicted molar refractivity (Wildman–Crippen MR) is 99.1 cm³/mol. The molecule has 0 spiro atoms. The van der Waals surface area contributed by atoms with Gasteiger partial charge in [-0.1, -0.05) is 23.7 Å². The van der Waals surface area contributed by atoms with Gasteiger partial charge in [-0.3, -0.25) is 14.4 Å². The minimum atomic E-state index is -1.14. The number of nitrogens with zero attached hydrogens (tertiary/aromatic N) is 1. The van der Waals surface area contributed by atoms with Gasteiger partial charge in [0.2, 0.25) is 0 Å². The Kier molecular flexibility index (Phi) is 5.46. The highest BCUT2D eigenvalue weighted by molar-refractivity contribution is 6.46. The van der Waals surface area contributed by atoms with Crippen LogP contribution in [0.1, 0.15) is 23.6 Å². The van der Waals surface area contributed by atoms with Crippen molar-refractivity contribution in [2.24, 2.45) is 0 Å². The van der Waals surface area contributed by atoms with Crippen LogP contribution in [0.5, 0.6) is 0 Å². The summed E-state index contributed by atoms with van der Waals surface area (Å²) in [5.41, 5.74) is 0.457. The van der Waals surface area contributed by atoms with Crippen molar-refractivity contribution in [3.63, 3.8) is 0 Å². The minimum Gasteiger partial charge on any atom is -0.507 e. The summed E-state index contributed by atoms with van der Waals surface area (Å²) in [5, 5.41) is 20.1. The number of carbonyl (C=O) groups is 3. The molecule has 0 bridgehead atoms. The molecule has 0 aromatic heterocycles. The number of carboxylic acids is 1. The van der Waals surface area contributed by atoms with Gasteiger partial charge in [0.05, 0.1) is 18.0 Å². The van der Waals surface area contributed by atoms with Gasteiger partial charge in [0.15, 0.2) is 0 Å². The average Bonchev–Trinajstić information content (AvgIpc) is 2.91. The van der Waals surface area contributed by atoms with Crippen molar-refractivity contribution in [2.75, 3.05) is 6.54 Å². The molecule has 1 aliphatic rings. The Morgan fingerprint density at radius 1 is 1.04 bits per heavy atom.